The van der Waals surface area contributed by atoms with Crippen molar-refractivity contribution < 1.29 is 0 Å². The Morgan fingerprint density at radius 1 is 1.29 bits per heavy atom. The van der Waals surface area contributed by atoms with E-state index in [0.29, 0.717) is 0 Å². The molecule has 0 radical (unpaired) electrons. The first-order chi connectivity index (χ1) is 10.1. The van der Waals surface area contributed by atoms with Gasteiger partial charge in [-0.15, -0.1) is 0 Å². The lowest BCUT2D eigenvalue weighted by molar-refractivity contribution is 0.678. The first-order valence-electron chi connectivity index (χ1n) is 6.98. The fourth-order valence-electron chi connectivity index (χ4n) is 2.49. The lowest BCUT2D eigenvalue weighted by Crippen LogP contribution is -2.14. The van der Waals surface area contributed by atoms with Crippen molar-refractivity contribution in [3.63, 3.8) is 0 Å². The monoisotopic (exact) mass is 281 g/mol. The zero-order valence-corrected chi connectivity index (χ0v) is 12.2. The maximum absolute atomic E-state index is 6.25. The standard InChI is InChI=1S/C16H19N5/c1-11-13(10-21(2)20-11)15-9-18-16(19-15)14(17)8-12-6-4-3-5-7-12/h3-7,9-10,14H,8,17H2,1-2H3,(H,18,19). The van der Waals surface area contributed by atoms with Gasteiger partial charge in [0.1, 0.15) is 5.82 Å². The molecule has 0 bridgehead atoms. The Kier molecular flexibility index (Phi) is 3.58. The van der Waals surface area contributed by atoms with Gasteiger partial charge in [-0.25, -0.2) is 4.98 Å². The molecule has 108 valence electrons. The van der Waals surface area contributed by atoms with Crippen LogP contribution in [0.1, 0.15) is 23.1 Å². The van der Waals surface area contributed by atoms with E-state index >= 15 is 0 Å². The van der Waals surface area contributed by atoms with Gasteiger partial charge in [0.2, 0.25) is 0 Å². The highest BCUT2D eigenvalue weighted by molar-refractivity contribution is 5.60. The molecular formula is C16H19N5. The van der Waals surface area contributed by atoms with E-state index < -0.39 is 0 Å². The highest BCUT2D eigenvalue weighted by atomic mass is 15.2. The fourth-order valence-corrected chi connectivity index (χ4v) is 2.49. The molecule has 1 aromatic carbocycles. The van der Waals surface area contributed by atoms with Crippen molar-refractivity contribution in [2.45, 2.75) is 19.4 Å². The van der Waals surface area contributed by atoms with Gasteiger partial charge in [0.25, 0.3) is 0 Å². The quantitative estimate of drug-likeness (QED) is 0.771. The molecule has 5 heteroatoms. The second kappa shape index (κ2) is 5.54. The Morgan fingerprint density at radius 2 is 2.05 bits per heavy atom. The van der Waals surface area contributed by atoms with Gasteiger partial charge in [-0.1, -0.05) is 30.3 Å². The van der Waals surface area contributed by atoms with Crippen LogP contribution >= 0.6 is 0 Å². The van der Waals surface area contributed by atoms with Crippen LogP contribution < -0.4 is 5.73 Å². The topological polar surface area (TPSA) is 72.5 Å². The lowest BCUT2D eigenvalue weighted by Gasteiger charge is -2.08. The molecule has 1 unspecified atom stereocenters. The van der Waals surface area contributed by atoms with Gasteiger partial charge in [0.05, 0.1) is 23.6 Å². The van der Waals surface area contributed by atoms with E-state index in [9.17, 15) is 0 Å². The van der Waals surface area contributed by atoms with Crippen LogP contribution in [0.5, 0.6) is 0 Å². The fraction of sp³-hybridized carbons (Fsp3) is 0.250. The molecule has 0 aliphatic carbocycles. The number of aryl methyl sites for hydroxylation is 2. The molecule has 0 spiro atoms. The first kappa shape index (κ1) is 13.6. The third kappa shape index (κ3) is 2.87. The van der Waals surface area contributed by atoms with Crippen LogP contribution in [-0.2, 0) is 13.5 Å². The highest BCUT2D eigenvalue weighted by Gasteiger charge is 2.14. The van der Waals surface area contributed by atoms with Gasteiger partial charge in [-0.2, -0.15) is 5.10 Å². The first-order valence-corrected chi connectivity index (χ1v) is 6.98. The molecule has 0 saturated carbocycles. The normalized spacial score (nSPS) is 12.5. The van der Waals surface area contributed by atoms with Crippen molar-refractivity contribution in [1.82, 2.24) is 19.7 Å². The number of hydrogen-bond acceptors (Lipinski definition) is 3. The summed E-state index contributed by atoms with van der Waals surface area (Å²) < 4.78 is 1.80. The van der Waals surface area contributed by atoms with Crippen LogP contribution in [0.2, 0.25) is 0 Å². The Labute approximate surface area is 123 Å². The van der Waals surface area contributed by atoms with Gasteiger partial charge < -0.3 is 10.7 Å². The minimum Gasteiger partial charge on any atom is -0.341 e. The maximum atomic E-state index is 6.25. The summed E-state index contributed by atoms with van der Waals surface area (Å²) in [6.45, 7) is 1.99. The minimum atomic E-state index is -0.141. The Bertz CT molecular complexity index is 726. The highest BCUT2D eigenvalue weighted by Crippen LogP contribution is 2.22. The Hall–Kier alpha value is -2.40. The summed E-state index contributed by atoms with van der Waals surface area (Å²) in [5.41, 5.74) is 10.4. The third-order valence-corrected chi connectivity index (χ3v) is 3.55. The van der Waals surface area contributed by atoms with Crippen molar-refractivity contribution in [2.75, 3.05) is 0 Å². The summed E-state index contributed by atoms with van der Waals surface area (Å²) in [5, 5.41) is 4.35. The third-order valence-electron chi connectivity index (χ3n) is 3.55. The smallest absolute Gasteiger partial charge is 0.123 e. The van der Waals surface area contributed by atoms with Crippen molar-refractivity contribution >= 4 is 0 Å². The predicted octanol–water partition coefficient (Wildman–Crippen LogP) is 2.36. The molecule has 3 aromatic rings. The van der Waals surface area contributed by atoms with Crippen molar-refractivity contribution in [3.8, 4) is 11.3 Å². The summed E-state index contributed by atoms with van der Waals surface area (Å²) in [4.78, 5) is 7.74. The van der Waals surface area contributed by atoms with E-state index in [1.54, 1.807) is 4.68 Å². The van der Waals surface area contributed by atoms with Gasteiger partial charge in [-0.05, 0) is 18.9 Å². The summed E-state index contributed by atoms with van der Waals surface area (Å²) >= 11 is 0. The summed E-state index contributed by atoms with van der Waals surface area (Å²) in [5.74, 6) is 0.803. The molecule has 3 rings (SSSR count). The summed E-state index contributed by atoms with van der Waals surface area (Å²) in [6.07, 6.45) is 4.57. The number of aromatic amines is 1. The molecule has 0 amide bonds. The number of nitrogens with zero attached hydrogens (tertiary/aromatic N) is 3. The molecule has 0 aliphatic rings. The van der Waals surface area contributed by atoms with E-state index in [1.165, 1.54) is 5.56 Å². The number of rotatable bonds is 4. The average molecular weight is 281 g/mol. The van der Waals surface area contributed by atoms with Gasteiger partial charge in [0.15, 0.2) is 0 Å². The van der Waals surface area contributed by atoms with E-state index in [2.05, 4.69) is 27.2 Å². The Balaban J connectivity index is 1.80. The van der Waals surface area contributed by atoms with Crippen molar-refractivity contribution in [3.05, 3.63) is 59.8 Å². The van der Waals surface area contributed by atoms with Crippen molar-refractivity contribution in [2.24, 2.45) is 12.8 Å². The van der Waals surface area contributed by atoms with Crippen LogP contribution in [0.3, 0.4) is 0 Å². The number of H-pyrrole nitrogens is 1. The molecule has 3 N–H and O–H groups in total. The summed E-state index contributed by atoms with van der Waals surface area (Å²) in [7, 11) is 1.91. The number of imidazole rings is 1. The number of nitrogens with two attached hydrogens (primary N) is 1. The SMILES string of the molecule is Cc1nn(C)cc1-c1cnc(C(N)Cc2ccccc2)[nH]1. The molecule has 0 aliphatic heterocycles. The van der Waals surface area contributed by atoms with Crippen LogP contribution in [0, 0.1) is 6.92 Å². The molecular weight excluding hydrogens is 262 g/mol. The van der Waals surface area contributed by atoms with Gasteiger partial charge >= 0.3 is 0 Å². The molecule has 5 nitrogen and oxygen atoms in total. The molecule has 1 atom stereocenters. The molecule has 0 saturated heterocycles. The molecule has 2 heterocycles. The Morgan fingerprint density at radius 3 is 2.71 bits per heavy atom. The van der Waals surface area contributed by atoms with E-state index in [-0.39, 0.29) is 6.04 Å². The maximum Gasteiger partial charge on any atom is 0.123 e. The summed E-state index contributed by atoms with van der Waals surface area (Å²) in [6, 6.07) is 10.1. The van der Waals surface area contributed by atoms with Gasteiger partial charge in [0, 0.05) is 18.8 Å². The number of aromatic nitrogens is 4. The van der Waals surface area contributed by atoms with Gasteiger partial charge in [-0.3, -0.25) is 4.68 Å². The number of benzene rings is 1. The predicted molar refractivity (Wildman–Crippen MR) is 82.6 cm³/mol. The molecule has 0 fully saturated rings. The zero-order valence-electron chi connectivity index (χ0n) is 12.2. The molecule has 21 heavy (non-hydrogen) atoms. The number of hydrogen-bond donors (Lipinski definition) is 2. The number of nitrogens with one attached hydrogen (secondary N) is 1. The van der Waals surface area contributed by atoms with Crippen LogP contribution in [0.4, 0.5) is 0 Å². The average Bonchev–Trinajstić information content (AvgIpc) is 3.06. The second-order valence-corrected chi connectivity index (χ2v) is 5.28. The molecule has 2 aromatic heterocycles. The minimum absolute atomic E-state index is 0.141. The van der Waals surface area contributed by atoms with Crippen molar-refractivity contribution in [1.29, 1.82) is 0 Å². The lowest BCUT2D eigenvalue weighted by atomic mass is 10.1. The van der Waals surface area contributed by atoms with Crippen LogP contribution in [-0.4, -0.2) is 19.7 Å². The van der Waals surface area contributed by atoms with Crippen LogP contribution in [0.15, 0.2) is 42.7 Å². The largest absolute Gasteiger partial charge is 0.341 e. The van der Waals surface area contributed by atoms with E-state index in [0.717, 1.165) is 29.2 Å². The van der Waals surface area contributed by atoms with Crippen LogP contribution in [0.25, 0.3) is 11.3 Å². The van der Waals surface area contributed by atoms with E-state index in [1.807, 2.05) is 44.6 Å². The zero-order chi connectivity index (χ0) is 14.8. The second-order valence-electron chi connectivity index (χ2n) is 5.28. The van der Waals surface area contributed by atoms with E-state index in [4.69, 9.17) is 5.73 Å².